The molecule has 0 saturated carbocycles. The van der Waals surface area contributed by atoms with Gasteiger partial charge in [0.25, 0.3) is 0 Å². The van der Waals surface area contributed by atoms with Crippen LogP contribution in [0.3, 0.4) is 0 Å². The second-order valence-corrected chi connectivity index (χ2v) is 6.36. The minimum absolute atomic E-state index is 0.0762. The fourth-order valence-corrected chi connectivity index (χ4v) is 3.31. The summed E-state index contributed by atoms with van der Waals surface area (Å²) >= 11 is 5.42. The Labute approximate surface area is 157 Å². The summed E-state index contributed by atoms with van der Waals surface area (Å²) in [5, 5.41) is 15.0. The summed E-state index contributed by atoms with van der Waals surface area (Å²) in [6, 6.07) is 9.24. The summed E-state index contributed by atoms with van der Waals surface area (Å²) < 4.78 is 10.8. The van der Waals surface area contributed by atoms with E-state index >= 15 is 0 Å². The first-order valence-corrected chi connectivity index (χ1v) is 8.98. The zero-order valence-electron chi connectivity index (χ0n) is 14.4. The lowest BCUT2D eigenvalue weighted by molar-refractivity contribution is -0.418. The van der Waals surface area contributed by atoms with E-state index in [-0.39, 0.29) is 10.7 Å². The molecule has 2 heterocycles. The Morgan fingerprint density at radius 3 is 1.96 bits per heavy atom. The van der Waals surface area contributed by atoms with Crippen LogP contribution in [0.2, 0.25) is 0 Å². The molecule has 1 N–H and O–H groups in total. The molecule has 9 heteroatoms. The second kappa shape index (κ2) is 8.93. The highest BCUT2D eigenvalue weighted by Gasteiger charge is 2.33. The van der Waals surface area contributed by atoms with Crippen molar-refractivity contribution in [1.82, 2.24) is 9.80 Å². The molecular formula is C17H22N4O4S. The lowest BCUT2D eigenvalue weighted by Gasteiger charge is -2.38. The van der Waals surface area contributed by atoms with Crippen LogP contribution in [0.25, 0.3) is 0 Å². The van der Waals surface area contributed by atoms with Gasteiger partial charge in [-0.05, 0) is 12.1 Å². The van der Waals surface area contributed by atoms with Crippen LogP contribution in [0.4, 0.5) is 5.69 Å². The number of nitrogens with zero attached hydrogens (tertiary/aromatic N) is 3. The smallest absolute Gasteiger partial charge is 0.343 e. The van der Waals surface area contributed by atoms with Gasteiger partial charge in [0, 0.05) is 31.9 Å². The SMILES string of the molecule is O=[N+]([O-])C(C(=S)Nc1ccccc1)=C(N1CCOCC1)N1CCOCC1. The number of nitrogens with one attached hydrogen (secondary N) is 1. The van der Waals surface area contributed by atoms with Crippen molar-refractivity contribution in [2.75, 3.05) is 57.9 Å². The Morgan fingerprint density at radius 1 is 1.00 bits per heavy atom. The molecule has 1 aromatic carbocycles. The van der Waals surface area contributed by atoms with Gasteiger partial charge in [0.05, 0.1) is 31.4 Å². The average Bonchev–Trinajstić information content (AvgIpc) is 2.67. The van der Waals surface area contributed by atoms with Crippen LogP contribution in [-0.2, 0) is 9.47 Å². The summed E-state index contributed by atoms with van der Waals surface area (Å²) in [5.41, 5.74) is 0.646. The van der Waals surface area contributed by atoms with Crippen LogP contribution in [0.1, 0.15) is 0 Å². The lowest BCUT2D eigenvalue weighted by Crippen LogP contribution is -2.48. The van der Waals surface area contributed by atoms with Crippen molar-refractivity contribution in [2.24, 2.45) is 0 Å². The van der Waals surface area contributed by atoms with Gasteiger partial charge in [0.2, 0.25) is 0 Å². The maximum atomic E-state index is 12.0. The lowest BCUT2D eigenvalue weighted by atomic mass is 10.2. The molecular weight excluding hydrogens is 356 g/mol. The fourth-order valence-electron chi connectivity index (χ4n) is 3.03. The number of nitro groups is 1. The Kier molecular flexibility index (Phi) is 6.37. The molecule has 0 bridgehead atoms. The van der Waals surface area contributed by atoms with Gasteiger partial charge < -0.3 is 24.6 Å². The zero-order valence-corrected chi connectivity index (χ0v) is 15.2. The molecule has 2 saturated heterocycles. The number of rotatable bonds is 5. The highest BCUT2D eigenvalue weighted by Crippen LogP contribution is 2.22. The van der Waals surface area contributed by atoms with E-state index in [2.05, 4.69) is 5.32 Å². The van der Waals surface area contributed by atoms with Crippen LogP contribution < -0.4 is 5.32 Å². The number of hydrogen-bond donors (Lipinski definition) is 1. The van der Waals surface area contributed by atoms with Gasteiger partial charge in [-0.15, -0.1) is 0 Å². The van der Waals surface area contributed by atoms with Crippen LogP contribution >= 0.6 is 12.2 Å². The van der Waals surface area contributed by atoms with E-state index < -0.39 is 4.92 Å². The van der Waals surface area contributed by atoms with E-state index in [1.807, 2.05) is 40.1 Å². The normalized spacial score (nSPS) is 17.5. The first-order valence-electron chi connectivity index (χ1n) is 8.57. The summed E-state index contributed by atoms with van der Waals surface area (Å²) in [5.74, 6) is 0.551. The average molecular weight is 378 g/mol. The minimum Gasteiger partial charge on any atom is -0.378 e. The van der Waals surface area contributed by atoms with Crippen molar-refractivity contribution in [1.29, 1.82) is 0 Å². The molecule has 0 aliphatic carbocycles. The van der Waals surface area contributed by atoms with E-state index in [1.54, 1.807) is 0 Å². The first kappa shape index (κ1) is 18.6. The van der Waals surface area contributed by atoms with E-state index in [1.165, 1.54) is 0 Å². The molecule has 2 aliphatic rings. The summed E-state index contributed by atoms with van der Waals surface area (Å²) in [7, 11) is 0. The molecule has 26 heavy (non-hydrogen) atoms. The number of benzene rings is 1. The van der Waals surface area contributed by atoms with Crippen molar-refractivity contribution < 1.29 is 14.4 Å². The molecule has 0 radical (unpaired) electrons. The van der Waals surface area contributed by atoms with Gasteiger partial charge in [0.15, 0.2) is 10.8 Å². The maximum absolute atomic E-state index is 12.0. The molecule has 1 aromatic rings. The Bertz CT molecular complexity index is 651. The molecule has 0 aromatic heterocycles. The molecule has 0 amide bonds. The summed E-state index contributed by atoms with van der Waals surface area (Å²) in [6.45, 7) is 4.54. The molecule has 8 nitrogen and oxygen atoms in total. The Hall–Kier alpha value is -2.23. The number of hydrogen-bond acceptors (Lipinski definition) is 7. The topological polar surface area (TPSA) is 80.1 Å². The van der Waals surface area contributed by atoms with Crippen molar-refractivity contribution in [2.45, 2.75) is 0 Å². The van der Waals surface area contributed by atoms with Gasteiger partial charge >= 0.3 is 5.70 Å². The quantitative estimate of drug-likeness (QED) is 0.358. The van der Waals surface area contributed by atoms with Gasteiger partial charge in [-0.25, -0.2) is 0 Å². The third kappa shape index (κ3) is 4.48. The third-order valence-electron chi connectivity index (χ3n) is 4.26. The monoisotopic (exact) mass is 378 g/mol. The summed E-state index contributed by atoms with van der Waals surface area (Å²) in [4.78, 5) is 15.7. The second-order valence-electron chi connectivity index (χ2n) is 5.95. The first-order chi connectivity index (χ1) is 12.7. The predicted molar refractivity (Wildman–Crippen MR) is 101 cm³/mol. The van der Waals surface area contributed by atoms with Crippen LogP contribution in [-0.4, -0.2) is 72.3 Å². The molecule has 0 unspecified atom stereocenters. The van der Waals surface area contributed by atoms with Crippen LogP contribution in [0.15, 0.2) is 41.8 Å². The van der Waals surface area contributed by atoms with E-state index in [0.717, 1.165) is 5.69 Å². The van der Waals surface area contributed by atoms with Crippen molar-refractivity contribution in [3.63, 3.8) is 0 Å². The maximum Gasteiger partial charge on any atom is 0.343 e. The predicted octanol–water partition coefficient (Wildman–Crippen LogP) is 1.54. The van der Waals surface area contributed by atoms with E-state index in [0.29, 0.717) is 58.4 Å². The van der Waals surface area contributed by atoms with Gasteiger partial charge in [-0.2, -0.15) is 0 Å². The van der Waals surface area contributed by atoms with Crippen LogP contribution in [0, 0.1) is 10.1 Å². The molecule has 0 spiro atoms. The largest absolute Gasteiger partial charge is 0.378 e. The third-order valence-corrected chi connectivity index (χ3v) is 4.56. The van der Waals surface area contributed by atoms with E-state index in [9.17, 15) is 10.1 Å². The molecule has 0 atom stereocenters. The fraction of sp³-hybridized carbons (Fsp3) is 0.471. The Morgan fingerprint density at radius 2 is 1.50 bits per heavy atom. The van der Waals surface area contributed by atoms with Gasteiger partial charge in [-0.1, -0.05) is 30.4 Å². The standard InChI is InChI=1S/C17H22N4O4S/c22-21(23)15(16(26)18-14-4-2-1-3-5-14)17(19-6-10-24-11-7-19)20-8-12-25-13-9-20/h1-5H,6-13H2,(H,18,26). The highest BCUT2D eigenvalue weighted by atomic mass is 32.1. The molecule has 2 fully saturated rings. The number of morpholine rings is 2. The molecule has 140 valence electrons. The zero-order chi connectivity index (χ0) is 18.4. The van der Waals surface area contributed by atoms with Crippen molar-refractivity contribution >= 4 is 22.9 Å². The molecule has 2 aliphatic heterocycles. The highest BCUT2D eigenvalue weighted by molar-refractivity contribution is 7.81. The number of anilines is 1. The number of ether oxygens (including phenoxy) is 2. The summed E-state index contributed by atoms with van der Waals surface area (Å²) in [6.07, 6.45) is 0. The van der Waals surface area contributed by atoms with Crippen molar-refractivity contribution in [3.05, 3.63) is 52.0 Å². The number of para-hydroxylation sites is 1. The Balaban J connectivity index is 1.95. The van der Waals surface area contributed by atoms with Gasteiger partial charge in [0.1, 0.15) is 0 Å². The minimum atomic E-state index is -0.390. The van der Waals surface area contributed by atoms with Crippen LogP contribution in [0.5, 0.6) is 0 Å². The van der Waals surface area contributed by atoms with Crippen molar-refractivity contribution in [3.8, 4) is 0 Å². The van der Waals surface area contributed by atoms with Gasteiger partial charge in [-0.3, -0.25) is 10.1 Å². The van der Waals surface area contributed by atoms with E-state index in [4.69, 9.17) is 21.7 Å². The number of thiocarbonyl (C=S) groups is 1. The molecule has 3 rings (SSSR count).